The lowest BCUT2D eigenvalue weighted by molar-refractivity contribution is 0.117. The summed E-state index contributed by atoms with van der Waals surface area (Å²) in [5.74, 6) is 0.902. The normalized spacial score (nSPS) is 25.6. The van der Waals surface area contributed by atoms with Crippen LogP contribution >= 0.6 is 11.6 Å². The summed E-state index contributed by atoms with van der Waals surface area (Å²) in [6, 6.07) is 6.22. The molecule has 4 heteroatoms. The van der Waals surface area contributed by atoms with Gasteiger partial charge < -0.3 is 15.2 Å². The largest absolute Gasteiger partial charge is 0.489 e. The van der Waals surface area contributed by atoms with Gasteiger partial charge in [0, 0.05) is 23.2 Å². The lowest BCUT2D eigenvalue weighted by Crippen LogP contribution is -2.36. The second-order valence-corrected chi connectivity index (χ2v) is 6.10. The number of halogens is 1. The van der Waals surface area contributed by atoms with Crippen molar-refractivity contribution in [2.24, 2.45) is 0 Å². The van der Waals surface area contributed by atoms with Crippen LogP contribution in [-0.2, 0) is 0 Å². The molecule has 3 nitrogen and oxygen atoms in total. The lowest BCUT2D eigenvalue weighted by atomic mass is 9.93. The summed E-state index contributed by atoms with van der Waals surface area (Å²) in [7, 11) is 0. The van der Waals surface area contributed by atoms with Gasteiger partial charge in [0.15, 0.2) is 0 Å². The van der Waals surface area contributed by atoms with Crippen molar-refractivity contribution in [3.63, 3.8) is 0 Å². The fourth-order valence-electron chi connectivity index (χ4n) is 2.85. The zero-order valence-corrected chi connectivity index (χ0v) is 12.2. The van der Waals surface area contributed by atoms with Gasteiger partial charge in [0.05, 0.1) is 6.10 Å². The van der Waals surface area contributed by atoms with Crippen molar-refractivity contribution in [1.29, 1.82) is 0 Å². The first-order valence-electron chi connectivity index (χ1n) is 7.24. The summed E-state index contributed by atoms with van der Waals surface area (Å²) in [6.07, 6.45) is 5.99. The van der Waals surface area contributed by atoms with Crippen molar-refractivity contribution < 1.29 is 9.84 Å². The molecule has 0 spiro atoms. The van der Waals surface area contributed by atoms with Crippen LogP contribution in [0.5, 0.6) is 5.75 Å². The Morgan fingerprint density at radius 3 is 2.85 bits per heavy atom. The zero-order chi connectivity index (χ0) is 13.9. The highest BCUT2D eigenvalue weighted by Crippen LogP contribution is 2.29. The van der Waals surface area contributed by atoms with Crippen LogP contribution in [0.2, 0.25) is 5.02 Å². The summed E-state index contributed by atoms with van der Waals surface area (Å²) >= 11 is 6.01. The highest BCUT2D eigenvalue weighted by molar-refractivity contribution is 6.30. The molecule has 1 aliphatic heterocycles. The summed E-state index contributed by atoms with van der Waals surface area (Å²) in [5.41, 5.74) is 2.30. The van der Waals surface area contributed by atoms with Crippen molar-refractivity contribution in [3.8, 4) is 5.75 Å². The average molecular weight is 294 g/mol. The van der Waals surface area contributed by atoms with Gasteiger partial charge in [-0.3, -0.25) is 0 Å². The molecule has 1 heterocycles. The number of ether oxygens (including phenoxy) is 1. The van der Waals surface area contributed by atoms with E-state index in [0.717, 1.165) is 48.6 Å². The SMILES string of the molecule is OC1CCC(NCC2=Cc3cc(Cl)ccc3OC2)CC1. The summed E-state index contributed by atoms with van der Waals surface area (Å²) in [5, 5.41) is 13.8. The molecule has 0 bridgehead atoms. The average Bonchev–Trinajstić information content (AvgIpc) is 2.46. The number of nitrogens with one attached hydrogen (secondary N) is 1. The second-order valence-electron chi connectivity index (χ2n) is 5.66. The molecule has 2 aliphatic rings. The fourth-order valence-corrected chi connectivity index (χ4v) is 3.03. The predicted molar refractivity (Wildman–Crippen MR) is 81.2 cm³/mol. The minimum atomic E-state index is -0.0979. The van der Waals surface area contributed by atoms with Crippen LogP contribution in [0.25, 0.3) is 6.08 Å². The van der Waals surface area contributed by atoms with Gasteiger partial charge in [-0.05, 0) is 55.5 Å². The number of hydrogen-bond acceptors (Lipinski definition) is 3. The Hall–Kier alpha value is -1.03. The standard InChI is InChI=1S/C16H20ClNO2/c17-13-1-6-16-12(8-13)7-11(10-20-16)9-18-14-2-4-15(19)5-3-14/h1,6-8,14-15,18-19H,2-5,9-10H2. The van der Waals surface area contributed by atoms with Gasteiger partial charge in [-0.15, -0.1) is 0 Å². The molecule has 1 aromatic carbocycles. The van der Waals surface area contributed by atoms with Crippen LogP contribution in [0.4, 0.5) is 0 Å². The Morgan fingerprint density at radius 1 is 1.25 bits per heavy atom. The number of fused-ring (bicyclic) bond motifs is 1. The Morgan fingerprint density at radius 2 is 2.05 bits per heavy atom. The summed E-state index contributed by atoms with van der Waals surface area (Å²) in [6.45, 7) is 1.48. The van der Waals surface area contributed by atoms with E-state index in [2.05, 4.69) is 11.4 Å². The van der Waals surface area contributed by atoms with Gasteiger partial charge in [-0.1, -0.05) is 11.6 Å². The first kappa shape index (κ1) is 13.9. The lowest BCUT2D eigenvalue weighted by Gasteiger charge is -2.27. The molecule has 0 unspecified atom stereocenters. The van der Waals surface area contributed by atoms with Gasteiger partial charge in [-0.25, -0.2) is 0 Å². The van der Waals surface area contributed by atoms with Crippen molar-refractivity contribution in [2.45, 2.75) is 37.8 Å². The maximum absolute atomic E-state index is 9.51. The number of rotatable bonds is 3. The van der Waals surface area contributed by atoms with E-state index in [9.17, 15) is 5.11 Å². The molecule has 3 rings (SSSR count). The van der Waals surface area contributed by atoms with Crippen LogP contribution in [-0.4, -0.2) is 30.4 Å². The fraction of sp³-hybridized carbons (Fsp3) is 0.500. The topological polar surface area (TPSA) is 41.5 Å². The molecule has 2 N–H and O–H groups in total. The Kier molecular flexibility index (Phi) is 4.29. The smallest absolute Gasteiger partial charge is 0.127 e. The van der Waals surface area contributed by atoms with Gasteiger partial charge >= 0.3 is 0 Å². The maximum atomic E-state index is 9.51. The van der Waals surface area contributed by atoms with E-state index in [1.165, 1.54) is 5.57 Å². The van der Waals surface area contributed by atoms with E-state index >= 15 is 0 Å². The number of benzene rings is 1. The van der Waals surface area contributed by atoms with Crippen LogP contribution in [0.15, 0.2) is 23.8 Å². The summed E-state index contributed by atoms with van der Waals surface area (Å²) < 4.78 is 5.74. The number of aliphatic hydroxyl groups excluding tert-OH is 1. The Labute approximate surface area is 124 Å². The highest BCUT2D eigenvalue weighted by Gasteiger charge is 2.19. The van der Waals surface area contributed by atoms with E-state index in [4.69, 9.17) is 16.3 Å². The molecule has 0 aromatic heterocycles. The Balaban J connectivity index is 1.58. The molecule has 108 valence electrons. The maximum Gasteiger partial charge on any atom is 0.127 e. The third kappa shape index (κ3) is 3.35. The van der Waals surface area contributed by atoms with Gasteiger partial charge in [0.1, 0.15) is 12.4 Å². The first-order chi connectivity index (χ1) is 9.70. The van der Waals surface area contributed by atoms with E-state index in [-0.39, 0.29) is 6.10 Å². The van der Waals surface area contributed by atoms with Crippen molar-refractivity contribution in [3.05, 3.63) is 34.4 Å². The third-order valence-electron chi connectivity index (χ3n) is 4.06. The van der Waals surface area contributed by atoms with Gasteiger partial charge in [0.25, 0.3) is 0 Å². The zero-order valence-electron chi connectivity index (χ0n) is 11.4. The van der Waals surface area contributed by atoms with Crippen molar-refractivity contribution in [1.82, 2.24) is 5.32 Å². The molecule has 1 fully saturated rings. The number of hydrogen-bond donors (Lipinski definition) is 2. The van der Waals surface area contributed by atoms with Crippen molar-refractivity contribution >= 4 is 17.7 Å². The van der Waals surface area contributed by atoms with Crippen LogP contribution in [0.3, 0.4) is 0 Å². The van der Waals surface area contributed by atoms with E-state index in [1.807, 2.05) is 18.2 Å². The monoisotopic (exact) mass is 293 g/mol. The first-order valence-corrected chi connectivity index (χ1v) is 7.62. The molecular weight excluding hydrogens is 274 g/mol. The van der Waals surface area contributed by atoms with Crippen LogP contribution in [0, 0.1) is 0 Å². The van der Waals surface area contributed by atoms with Gasteiger partial charge in [-0.2, -0.15) is 0 Å². The van der Waals surface area contributed by atoms with Crippen molar-refractivity contribution in [2.75, 3.05) is 13.2 Å². The minimum Gasteiger partial charge on any atom is -0.489 e. The Bertz CT molecular complexity index is 507. The molecule has 0 atom stereocenters. The molecule has 1 aliphatic carbocycles. The quantitative estimate of drug-likeness (QED) is 0.900. The van der Waals surface area contributed by atoms with E-state index < -0.39 is 0 Å². The molecule has 1 saturated carbocycles. The van der Waals surface area contributed by atoms with Crippen LogP contribution in [0.1, 0.15) is 31.2 Å². The number of aliphatic hydroxyl groups is 1. The van der Waals surface area contributed by atoms with Gasteiger partial charge in [0.2, 0.25) is 0 Å². The molecule has 0 saturated heterocycles. The molecule has 20 heavy (non-hydrogen) atoms. The third-order valence-corrected chi connectivity index (χ3v) is 4.29. The minimum absolute atomic E-state index is 0.0979. The molecular formula is C16H20ClNO2. The summed E-state index contributed by atoms with van der Waals surface area (Å²) in [4.78, 5) is 0. The van der Waals surface area contributed by atoms with E-state index in [0.29, 0.717) is 12.6 Å². The molecule has 0 amide bonds. The molecule has 0 radical (unpaired) electrons. The highest BCUT2D eigenvalue weighted by atomic mass is 35.5. The van der Waals surface area contributed by atoms with E-state index in [1.54, 1.807) is 0 Å². The second kappa shape index (κ2) is 6.17. The molecule has 1 aromatic rings. The van der Waals surface area contributed by atoms with Crippen LogP contribution < -0.4 is 10.1 Å². The predicted octanol–water partition coefficient (Wildman–Crippen LogP) is 3.01.